The summed E-state index contributed by atoms with van der Waals surface area (Å²) in [6, 6.07) is 0. The molecule has 6 heteroatoms. The normalized spacial score (nSPS) is 16.5. The second kappa shape index (κ2) is 5.79. The lowest BCUT2D eigenvalue weighted by Gasteiger charge is -2.32. The Bertz CT molecular complexity index is 962. The fourth-order valence-electron chi connectivity index (χ4n) is 3.19. The number of nitrogens with zero attached hydrogens (tertiary/aromatic N) is 3. The number of aryl methyl sites for hydroxylation is 1. The minimum atomic E-state index is -0.157. The van der Waals surface area contributed by atoms with Crippen molar-refractivity contribution in [1.29, 1.82) is 0 Å². The molecule has 0 spiro atoms. The molecule has 0 saturated carbocycles. The summed E-state index contributed by atoms with van der Waals surface area (Å²) < 4.78 is 7.13. The first-order valence-electron chi connectivity index (χ1n) is 7.93. The van der Waals surface area contributed by atoms with Gasteiger partial charge in [-0.15, -0.1) is 29.7 Å². The molecule has 0 unspecified atom stereocenters. The van der Waals surface area contributed by atoms with Crippen molar-refractivity contribution in [3.05, 3.63) is 35.8 Å². The van der Waals surface area contributed by atoms with E-state index < -0.39 is 0 Å². The van der Waals surface area contributed by atoms with E-state index in [1.165, 1.54) is 16.5 Å². The van der Waals surface area contributed by atoms with Crippen LogP contribution in [0.1, 0.15) is 30.7 Å². The summed E-state index contributed by atoms with van der Waals surface area (Å²) in [5, 5.41) is 2.20. The van der Waals surface area contributed by atoms with E-state index in [-0.39, 0.29) is 5.60 Å². The first kappa shape index (κ1) is 16.0. The lowest BCUT2D eigenvalue weighted by molar-refractivity contribution is -0.0400. The lowest BCUT2D eigenvalue weighted by Crippen LogP contribution is -2.32. The summed E-state index contributed by atoms with van der Waals surface area (Å²) in [6.45, 7) is 10.8. The van der Waals surface area contributed by atoms with Crippen LogP contribution in [0.25, 0.3) is 20.4 Å². The Hall–Kier alpha value is -1.50. The molecule has 24 heavy (non-hydrogen) atoms. The highest BCUT2D eigenvalue weighted by Gasteiger charge is 2.30. The SMILES string of the molecule is C=CCSc1ncnc2c1sc1nc(C)c3c(c12)CC(C)(C)OC3. The molecule has 124 valence electrons. The molecular weight excluding hydrogens is 338 g/mol. The number of fused-ring (bicyclic) bond motifs is 5. The van der Waals surface area contributed by atoms with Gasteiger partial charge < -0.3 is 4.74 Å². The third-order valence-corrected chi connectivity index (χ3v) is 6.53. The fourth-order valence-corrected chi connectivity index (χ4v) is 5.20. The van der Waals surface area contributed by atoms with E-state index in [4.69, 9.17) is 9.72 Å². The van der Waals surface area contributed by atoms with Crippen LogP contribution in [0.5, 0.6) is 0 Å². The van der Waals surface area contributed by atoms with Crippen molar-refractivity contribution in [1.82, 2.24) is 15.0 Å². The van der Waals surface area contributed by atoms with Gasteiger partial charge in [0, 0.05) is 28.8 Å². The molecule has 0 atom stereocenters. The Labute approximate surface area is 149 Å². The molecule has 0 N–H and O–H groups in total. The molecule has 0 aliphatic carbocycles. The summed E-state index contributed by atoms with van der Waals surface area (Å²) in [4.78, 5) is 15.0. The second-order valence-corrected chi connectivity index (χ2v) is 8.63. The number of thiophene rings is 1. The highest BCUT2D eigenvalue weighted by molar-refractivity contribution is 7.99. The average Bonchev–Trinajstić information content (AvgIpc) is 2.90. The van der Waals surface area contributed by atoms with Crippen LogP contribution in [0.4, 0.5) is 0 Å². The highest BCUT2D eigenvalue weighted by Crippen LogP contribution is 2.42. The molecule has 3 aromatic heterocycles. The average molecular weight is 358 g/mol. The molecule has 4 rings (SSSR count). The summed E-state index contributed by atoms with van der Waals surface area (Å²) in [5.41, 5.74) is 4.50. The van der Waals surface area contributed by atoms with E-state index in [9.17, 15) is 0 Å². The fraction of sp³-hybridized carbons (Fsp3) is 0.389. The second-order valence-electron chi connectivity index (χ2n) is 6.62. The van der Waals surface area contributed by atoms with Gasteiger partial charge in [-0.25, -0.2) is 15.0 Å². The minimum Gasteiger partial charge on any atom is -0.370 e. The van der Waals surface area contributed by atoms with Crippen LogP contribution in [0, 0.1) is 6.92 Å². The monoisotopic (exact) mass is 357 g/mol. The Morgan fingerprint density at radius 2 is 2.21 bits per heavy atom. The van der Waals surface area contributed by atoms with E-state index in [1.54, 1.807) is 29.4 Å². The number of hydrogen-bond acceptors (Lipinski definition) is 6. The van der Waals surface area contributed by atoms with Crippen LogP contribution in [0.15, 0.2) is 24.0 Å². The number of ether oxygens (including phenoxy) is 1. The molecule has 3 aromatic rings. The van der Waals surface area contributed by atoms with Crippen molar-refractivity contribution in [2.24, 2.45) is 0 Å². The topological polar surface area (TPSA) is 47.9 Å². The van der Waals surface area contributed by atoms with Crippen LogP contribution < -0.4 is 0 Å². The third kappa shape index (κ3) is 2.53. The van der Waals surface area contributed by atoms with Crippen molar-refractivity contribution in [3.8, 4) is 0 Å². The number of pyridine rings is 1. The van der Waals surface area contributed by atoms with Crippen LogP contribution in [0.2, 0.25) is 0 Å². The van der Waals surface area contributed by atoms with Crippen molar-refractivity contribution in [2.75, 3.05) is 5.75 Å². The highest BCUT2D eigenvalue weighted by atomic mass is 32.2. The van der Waals surface area contributed by atoms with E-state index in [0.717, 1.165) is 37.9 Å². The molecule has 1 aliphatic rings. The zero-order valence-corrected chi connectivity index (χ0v) is 15.7. The predicted molar refractivity (Wildman–Crippen MR) is 101 cm³/mol. The summed E-state index contributed by atoms with van der Waals surface area (Å²) in [6.07, 6.45) is 4.44. The molecule has 0 saturated heterocycles. The van der Waals surface area contributed by atoms with Crippen LogP contribution in [-0.4, -0.2) is 26.3 Å². The van der Waals surface area contributed by atoms with E-state index in [0.29, 0.717) is 6.61 Å². The molecule has 0 radical (unpaired) electrons. The van der Waals surface area contributed by atoms with Gasteiger partial charge in [-0.1, -0.05) is 6.08 Å². The number of hydrogen-bond donors (Lipinski definition) is 0. The maximum atomic E-state index is 6.00. The Kier molecular flexibility index (Phi) is 3.86. The summed E-state index contributed by atoms with van der Waals surface area (Å²) in [7, 11) is 0. The van der Waals surface area contributed by atoms with Gasteiger partial charge in [0.2, 0.25) is 0 Å². The Morgan fingerprint density at radius 3 is 3.00 bits per heavy atom. The van der Waals surface area contributed by atoms with Gasteiger partial charge >= 0.3 is 0 Å². The van der Waals surface area contributed by atoms with Crippen molar-refractivity contribution < 1.29 is 4.74 Å². The molecule has 0 amide bonds. The number of rotatable bonds is 3. The van der Waals surface area contributed by atoms with Crippen LogP contribution in [-0.2, 0) is 17.8 Å². The van der Waals surface area contributed by atoms with Crippen molar-refractivity contribution in [2.45, 2.75) is 44.4 Å². The largest absolute Gasteiger partial charge is 0.370 e. The first-order chi connectivity index (χ1) is 11.5. The maximum absolute atomic E-state index is 6.00. The van der Waals surface area contributed by atoms with Crippen molar-refractivity contribution >= 4 is 43.5 Å². The van der Waals surface area contributed by atoms with E-state index >= 15 is 0 Å². The zero-order chi connectivity index (χ0) is 16.9. The first-order valence-corrected chi connectivity index (χ1v) is 9.73. The lowest BCUT2D eigenvalue weighted by atomic mass is 9.89. The van der Waals surface area contributed by atoms with Crippen molar-refractivity contribution in [3.63, 3.8) is 0 Å². The third-order valence-electron chi connectivity index (χ3n) is 4.34. The molecule has 4 heterocycles. The van der Waals surface area contributed by atoms with Crippen LogP contribution >= 0.6 is 23.1 Å². The predicted octanol–water partition coefficient (Wildman–Crippen LogP) is 4.68. The minimum absolute atomic E-state index is 0.157. The van der Waals surface area contributed by atoms with Gasteiger partial charge in [0.05, 0.1) is 22.4 Å². The van der Waals surface area contributed by atoms with Gasteiger partial charge in [-0.05, 0) is 26.3 Å². The van der Waals surface area contributed by atoms with Gasteiger partial charge in [0.1, 0.15) is 16.2 Å². The molecule has 4 nitrogen and oxygen atoms in total. The smallest absolute Gasteiger partial charge is 0.126 e. The molecule has 0 fully saturated rings. The number of thioether (sulfide) groups is 1. The summed E-state index contributed by atoms with van der Waals surface area (Å²) in [5.74, 6) is 0.839. The standard InChI is InChI=1S/C18H19N3OS2/c1-5-6-23-17-15-14(19-9-20-17)13-11-7-18(3,4)22-8-12(11)10(2)21-16(13)24-15/h5,9H,1,6-8H2,2-4H3. The zero-order valence-electron chi connectivity index (χ0n) is 14.0. The quantitative estimate of drug-likeness (QED) is 0.387. The van der Waals surface area contributed by atoms with Crippen LogP contribution in [0.3, 0.4) is 0 Å². The van der Waals surface area contributed by atoms with Gasteiger partial charge in [0.25, 0.3) is 0 Å². The molecule has 1 aliphatic heterocycles. The summed E-state index contributed by atoms with van der Waals surface area (Å²) >= 11 is 3.39. The molecule has 0 aromatic carbocycles. The van der Waals surface area contributed by atoms with Gasteiger partial charge in [-0.3, -0.25) is 0 Å². The Morgan fingerprint density at radius 1 is 1.38 bits per heavy atom. The van der Waals surface area contributed by atoms with Gasteiger partial charge in [0.15, 0.2) is 0 Å². The number of aromatic nitrogens is 3. The molecular formula is C18H19N3OS2. The maximum Gasteiger partial charge on any atom is 0.126 e. The Balaban J connectivity index is 2.02. The van der Waals surface area contributed by atoms with E-state index in [2.05, 4.69) is 37.3 Å². The van der Waals surface area contributed by atoms with Gasteiger partial charge in [-0.2, -0.15) is 0 Å². The van der Waals surface area contributed by atoms with E-state index in [1.807, 2.05) is 6.08 Å². The molecule has 0 bridgehead atoms.